The summed E-state index contributed by atoms with van der Waals surface area (Å²) in [7, 11) is 0. The largest absolute Gasteiger partial charge is 0.294 e. The van der Waals surface area contributed by atoms with E-state index in [9.17, 15) is 20.0 Å². The van der Waals surface area contributed by atoms with Crippen molar-refractivity contribution in [2.24, 2.45) is 33.5 Å². The summed E-state index contributed by atoms with van der Waals surface area (Å²) in [6, 6.07) is 18.5. The standard InChI is InChI=1S/2C17H21NO2.Cu/c2*1-16(2)14-9-10-17(16,3)15(19)13(14)11-18(20)12-7-5-4-6-8-12;/h2*4-8,11,14,20H,9-10H2,1-3H3;/b2*13-11-;. The molecule has 0 spiro atoms. The molecular formula is C34H42CuN2O4. The summed E-state index contributed by atoms with van der Waals surface area (Å²) < 4.78 is 0. The van der Waals surface area contributed by atoms with E-state index in [4.69, 9.17) is 0 Å². The second kappa shape index (κ2) is 10.9. The average molecular weight is 606 g/mol. The van der Waals surface area contributed by atoms with E-state index < -0.39 is 0 Å². The molecule has 2 N–H and O–H groups in total. The van der Waals surface area contributed by atoms with Gasteiger partial charge in [-0.1, -0.05) is 77.9 Å². The van der Waals surface area contributed by atoms with Gasteiger partial charge in [-0.3, -0.25) is 20.0 Å². The zero-order valence-corrected chi connectivity index (χ0v) is 25.8. The van der Waals surface area contributed by atoms with Crippen molar-refractivity contribution in [1.29, 1.82) is 0 Å². The number of hydrogen-bond acceptors (Lipinski definition) is 6. The summed E-state index contributed by atoms with van der Waals surface area (Å²) in [4.78, 5) is 25.3. The minimum Gasteiger partial charge on any atom is -0.294 e. The number of rotatable bonds is 4. The molecule has 0 aliphatic heterocycles. The normalized spacial score (nSPS) is 32.1. The summed E-state index contributed by atoms with van der Waals surface area (Å²) in [5, 5.41) is 22.5. The van der Waals surface area contributed by atoms with Gasteiger partial charge in [0.2, 0.25) is 0 Å². The summed E-state index contributed by atoms with van der Waals surface area (Å²) in [6.45, 7) is 12.8. The first-order chi connectivity index (χ1) is 18.8. The number of benzene rings is 2. The van der Waals surface area contributed by atoms with Crippen molar-refractivity contribution in [3.05, 3.63) is 84.2 Å². The minimum absolute atomic E-state index is 0. The first kappa shape index (κ1) is 31.2. The summed E-state index contributed by atoms with van der Waals surface area (Å²) in [5.74, 6) is 0.902. The zero-order chi connectivity index (χ0) is 29.1. The van der Waals surface area contributed by atoms with E-state index in [0.29, 0.717) is 11.4 Å². The topological polar surface area (TPSA) is 81.1 Å². The van der Waals surface area contributed by atoms with E-state index in [1.54, 1.807) is 12.4 Å². The summed E-state index contributed by atoms with van der Waals surface area (Å²) >= 11 is 0. The molecule has 41 heavy (non-hydrogen) atoms. The van der Waals surface area contributed by atoms with Crippen LogP contribution in [0, 0.1) is 33.5 Å². The van der Waals surface area contributed by atoms with Crippen molar-refractivity contribution in [3.8, 4) is 0 Å². The maximum Gasteiger partial charge on any atom is 0.167 e. The average Bonchev–Trinajstić information content (AvgIpc) is 3.42. The molecule has 2 aromatic rings. The van der Waals surface area contributed by atoms with Crippen LogP contribution in [0.2, 0.25) is 0 Å². The number of fused-ring (bicyclic) bond motifs is 4. The van der Waals surface area contributed by atoms with Crippen molar-refractivity contribution >= 4 is 22.9 Å². The molecule has 4 fully saturated rings. The Labute approximate surface area is 254 Å². The number of carbonyl (C=O) groups is 2. The first-order valence-corrected chi connectivity index (χ1v) is 14.3. The maximum absolute atomic E-state index is 12.7. The fourth-order valence-corrected chi connectivity index (χ4v) is 7.73. The maximum atomic E-state index is 12.7. The van der Waals surface area contributed by atoms with Gasteiger partial charge in [0, 0.05) is 51.4 Å². The predicted molar refractivity (Wildman–Crippen MR) is 157 cm³/mol. The number of para-hydroxylation sites is 2. The van der Waals surface area contributed by atoms with Gasteiger partial charge >= 0.3 is 0 Å². The Morgan fingerprint density at radius 3 is 1.22 bits per heavy atom. The van der Waals surface area contributed by atoms with Gasteiger partial charge in [-0.2, -0.15) is 0 Å². The van der Waals surface area contributed by atoms with Gasteiger partial charge in [-0.25, -0.2) is 10.1 Å². The van der Waals surface area contributed by atoms with Gasteiger partial charge in [0.15, 0.2) is 11.6 Å². The van der Waals surface area contributed by atoms with Crippen molar-refractivity contribution in [2.75, 3.05) is 10.1 Å². The number of carbonyl (C=O) groups excluding carboxylic acids is 2. The smallest absolute Gasteiger partial charge is 0.167 e. The molecule has 2 aromatic carbocycles. The van der Waals surface area contributed by atoms with Crippen LogP contribution in [0.3, 0.4) is 0 Å². The Balaban J connectivity index is 0.000000184. The van der Waals surface area contributed by atoms with Gasteiger partial charge in [0.1, 0.15) is 0 Å². The van der Waals surface area contributed by atoms with E-state index in [2.05, 4.69) is 41.5 Å². The molecule has 223 valence electrons. The molecule has 0 amide bonds. The molecule has 4 aliphatic rings. The molecule has 4 bridgehead atoms. The van der Waals surface area contributed by atoms with Crippen LogP contribution < -0.4 is 10.1 Å². The third-order valence-electron chi connectivity index (χ3n) is 11.3. The number of nitrogens with zero attached hydrogens (tertiary/aromatic N) is 2. The number of ketones is 2. The van der Waals surface area contributed by atoms with E-state index in [1.807, 2.05) is 60.7 Å². The number of allylic oxidation sites excluding steroid dienone is 2. The Morgan fingerprint density at radius 1 is 0.634 bits per heavy atom. The molecule has 4 aliphatic carbocycles. The summed E-state index contributed by atoms with van der Waals surface area (Å²) in [6.07, 6.45) is 7.21. The van der Waals surface area contributed by atoms with Crippen LogP contribution >= 0.6 is 0 Å². The molecule has 1 radical (unpaired) electrons. The van der Waals surface area contributed by atoms with E-state index >= 15 is 0 Å². The van der Waals surface area contributed by atoms with Gasteiger partial charge in [-0.05, 0) is 72.6 Å². The fraction of sp³-hybridized carbons (Fsp3) is 0.471. The van der Waals surface area contributed by atoms with Crippen LogP contribution in [0.25, 0.3) is 0 Å². The van der Waals surface area contributed by atoms with E-state index in [0.717, 1.165) is 47.0 Å². The third kappa shape index (κ3) is 4.71. The number of Topliss-reactive ketones (excluding diaryl/α,β-unsaturated/α-hetero) is 2. The van der Waals surface area contributed by atoms with Crippen molar-refractivity contribution in [2.45, 2.75) is 67.2 Å². The van der Waals surface area contributed by atoms with Crippen LogP contribution in [0.1, 0.15) is 67.2 Å². The van der Waals surface area contributed by atoms with Crippen LogP contribution in [0.4, 0.5) is 11.4 Å². The van der Waals surface area contributed by atoms with Gasteiger partial charge < -0.3 is 0 Å². The molecule has 4 unspecified atom stereocenters. The molecule has 4 atom stereocenters. The van der Waals surface area contributed by atoms with Crippen molar-refractivity contribution in [3.63, 3.8) is 0 Å². The number of anilines is 2. The van der Waals surface area contributed by atoms with E-state index in [1.165, 1.54) is 0 Å². The molecule has 7 heteroatoms. The van der Waals surface area contributed by atoms with Gasteiger partial charge in [-0.15, -0.1) is 0 Å². The van der Waals surface area contributed by atoms with Crippen LogP contribution in [-0.4, -0.2) is 22.0 Å². The second-order valence-electron chi connectivity index (χ2n) is 13.5. The number of hydrogen-bond donors (Lipinski definition) is 2. The quantitative estimate of drug-likeness (QED) is 0.212. The molecule has 4 saturated carbocycles. The molecule has 0 aromatic heterocycles. The van der Waals surface area contributed by atoms with Crippen molar-refractivity contribution < 1.29 is 37.1 Å². The Kier molecular flexibility index (Phi) is 8.27. The Bertz CT molecular complexity index is 1260. The van der Waals surface area contributed by atoms with Gasteiger partial charge in [0.05, 0.1) is 11.4 Å². The Hall–Kier alpha value is -2.70. The van der Waals surface area contributed by atoms with Crippen LogP contribution in [0.5, 0.6) is 0 Å². The van der Waals surface area contributed by atoms with Crippen molar-refractivity contribution in [1.82, 2.24) is 0 Å². The predicted octanol–water partition coefficient (Wildman–Crippen LogP) is 7.58. The summed E-state index contributed by atoms with van der Waals surface area (Å²) in [5.41, 5.74) is 2.31. The Morgan fingerprint density at radius 2 is 0.951 bits per heavy atom. The van der Waals surface area contributed by atoms with E-state index in [-0.39, 0.29) is 62.1 Å². The fourth-order valence-electron chi connectivity index (χ4n) is 7.73. The molecule has 6 nitrogen and oxygen atoms in total. The zero-order valence-electron chi connectivity index (χ0n) is 24.8. The minimum atomic E-state index is -0.277. The third-order valence-corrected chi connectivity index (χ3v) is 11.3. The van der Waals surface area contributed by atoms with Crippen LogP contribution in [-0.2, 0) is 26.7 Å². The van der Waals surface area contributed by atoms with Crippen LogP contribution in [0.15, 0.2) is 84.2 Å². The second-order valence-corrected chi connectivity index (χ2v) is 13.5. The molecule has 0 heterocycles. The SMILES string of the molecule is CC12CCC(/C(=C/N(O)c3ccccc3)C1=O)C2(C)C.CC12CCC(/C(=C/N(O)c3ccccc3)C1=O)C2(C)C.[Cu]. The molecule has 0 saturated heterocycles. The first-order valence-electron chi connectivity index (χ1n) is 14.3. The molecular weight excluding hydrogens is 564 g/mol. The van der Waals surface area contributed by atoms with Gasteiger partial charge in [0.25, 0.3) is 0 Å². The number of hydroxylamine groups is 2. The molecule has 6 rings (SSSR count). The monoisotopic (exact) mass is 605 g/mol.